The molecule has 0 bridgehead atoms. The van der Waals surface area contributed by atoms with Crippen LogP contribution in [0.25, 0.3) is 0 Å². The maximum absolute atomic E-state index is 13.4. The van der Waals surface area contributed by atoms with E-state index in [1.165, 1.54) is 16.4 Å². The summed E-state index contributed by atoms with van der Waals surface area (Å²) in [6.07, 6.45) is 4.16. The Hall–Kier alpha value is -3.63. The van der Waals surface area contributed by atoms with Crippen LogP contribution in [0, 0.1) is 5.41 Å². The van der Waals surface area contributed by atoms with Gasteiger partial charge in [-0.25, -0.2) is 0 Å². The lowest BCUT2D eigenvalue weighted by Gasteiger charge is -2.36. The van der Waals surface area contributed by atoms with E-state index in [-0.39, 0.29) is 16.6 Å². The molecule has 3 aromatic rings. The van der Waals surface area contributed by atoms with Crippen LogP contribution in [0.2, 0.25) is 0 Å². The molecule has 1 aliphatic carbocycles. The second-order valence-electron chi connectivity index (χ2n) is 10.3. The van der Waals surface area contributed by atoms with Gasteiger partial charge in [0.15, 0.2) is 0 Å². The van der Waals surface area contributed by atoms with E-state index in [1.54, 1.807) is 13.1 Å². The van der Waals surface area contributed by atoms with Gasteiger partial charge in [0.25, 0.3) is 11.1 Å². The smallest absolute Gasteiger partial charge is 0.299 e. The Morgan fingerprint density at radius 3 is 2.23 bits per heavy atom. The predicted molar refractivity (Wildman–Crippen MR) is 151 cm³/mol. The van der Waals surface area contributed by atoms with Crippen molar-refractivity contribution in [2.24, 2.45) is 12.5 Å². The van der Waals surface area contributed by atoms with E-state index in [0.717, 1.165) is 63.1 Å². The third-order valence-corrected chi connectivity index (χ3v) is 8.13. The highest BCUT2D eigenvalue weighted by Crippen LogP contribution is 2.50. The number of aryl methyl sites for hydroxylation is 1. The first kappa shape index (κ1) is 27.0. The minimum Gasteiger partial charge on any atom is -0.341 e. The third-order valence-electron chi connectivity index (χ3n) is 7.51. The lowest BCUT2D eigenvalue weighted by molar-refractivity contribution is -0.138. The molecule has 2 N–H and O–H groups in total. The van der Waals surface area contributed by atoms with Gasteiger partial charge in [-0.2, -0.15) is 5.10 Å². The molecule has 39 heavy (non-hydrogen) atoms. The average Bonchev–Trinajstić information content (AvgIpc) is 3.62. The lowest BCUT2D eigenvalue weighted by atomic mass is 9.94. The highest BCUT2D eigenvalue weighted by atomic mass is 32.2. The average molecular weight is 547 g/mol. The molecule has 1 aliphatic heterocycles. The van der Waals surface area contributed by atoms with Gasteiger partial charge in [0.1, 0.15) is 5.69 Å². The Bertz CT molecular complexity index is 1300. The summed E-state index contributed by atoms with van der Waals surface area (Å²) in [6, 6.07) is 20.1. The van der Waals surface area contributed by atoms with E-state index in [2.05, 4.69) is 49.2 Å². The molecule has 2 fully saturated rings. The molecule has 10 heteroatoms. The third kappa shape index (κ3) is 6.88. The van der Waals surface area contributed by atoms with Crippen LogP contribution in [0.15, 0.2) is 66.9 Å². The Balaban J connectivity index is 1.05. The first-order valence-electron chi connectivity index (χ1n) is 13.3. The van der Waals surface area contributed by atoms with Gasteiger partial charge in [0, 0.05) is 52.5 Å². The van der Waals surface area contributed by atoms with E-state index < -0.39 is 0 Å². The molecule has 0 spiro atoms. The maximum Gasteiger partial charge on any atom is 0.299 e. The fourth-order valence-electron chi connectivity index (χ4n) is 5.02. The second kappa shape index (κ2) is 12.0. The van der Waals surface area contributed by atoms with Gasteiger partial charge in [-0.05, 0) is 42.0 Å². The van der Waals surface area contributed by atoms with Crippen LogP contribution >= 0.6 is 11.9 Å². The number of hydrogen-bond acceptors (Lipinski definition) is 6. The molecule has 5 rings (SSSR count). The molecular formula is C29H34N6O3S. The van der Waals surface area contributed by atoms with Crippen molar-refractivity contribution in [3.05, 3.63) is 89.2 Å². The Morgan fingerprint density at radius 2 is 1.59 bits per heavy atom. The number of hydrogen-bond donors (Lipinski definition) is 2. The number of nitrogens with one attached hydrogen (secondary N) is 2. The predicted octanol–water partition coefficient (Wildman–Crippen LogP) is 3.38. The van der Waals surface area contributed by atoms with Crippen molar-refractivity contribution >= 4 is 29.0 Å². The zero-order valence-electron chi connectivity index (χ0n) is 22.1. The Labute approximate surface area is 233 Å². The highest BCUT2D eigenvalue weighted by Gasteiger charge is 2.51. The minimum absolute atomic E-state index is 0.264. The number of nitrogens with zero attached hydrogens (tertiary/aromatic N) is 4. The van der Waals surface area contributed by atoms with Crippen LogP contribution in [-0.2, 0) is 31.4 Å². The summed E-state index contributed by atoms with van der Waals surface area (Å²) in [6.45, 7) is 4.66. The van der Waals surface area contributed by atoms with Crippen molar-refractivity contribution in [3.63, 3.8) is 0 Å². The monoisotopic (exact) mass is 546 g/mol. The van der Waals surface area contributed by atoms with Gasteiger partial charge in [0.2, 0.25) is 5.91 Å². The number of amides is 3. The largest absolute Gasteiger partial charge is 0.341 e. The second-order valence-corrected chi connectivity index (χ2v) is 11.1. The number of rotatable bonds is 8. The van der Waals surface area contributed by atoms with Crippen LogP contribution in [0.3, 0.4) is 0 Å². The van der Waals surface area contributed by atoms with Crippen molar-refractivity contribution in [3.8, 4) is 0 Å². The zero-order valence-corrected chi connectivity index (χ0v) is 23.0. The van der Waals surface area contributed by atoms with Crippen LogP contribution in [0.4, 0.5) is 4.79 Å². The summed E-state index contributed by atoms with van der Waals surface area (Å²) < 4.78 is 3.97. The van der Waals surface area contributed by atoms with Crippen molar-refractivity contribution in [1.82, 2.24) is 29.6 Å². The van der Waals surface area contributed by atoms with Crippen LogP contribution in [0.1, 0.15) is 40.0 Å². The fraction of sp³-hybridized carbons (Fsp3) is 0.379. The van der Waals surface area contributed by atoms with Crippen LogP contribution in [0.5, 0.6) is 0 Å². The van der Waals surface area contributed by atoms with E-state index in [1.807, 2.05) is 30.3 Å². The summed E-state index contributed by atoms with van der Waals surface area (Å²) in [5, 5.41) is 6.40. The molecule has 2 aromatic carbocycles. The van der Waals surface area contributed by atoms with Crippen molar-refractivity contribution in [2.75, 3.05) is 26.2 Å². The number of benzene rings is 2. The van der Waals surface area contributed by atoms with Crippen LogP contribution < -0.4 is 10.0 Å². The van der Waals surface area contributed by atoms with Gasteiger partial charge in [-0.15, -0.1) is 0 Å². The molecule has 9 nitrogen and oxygen atoms in total. The SMILES string of the molecule is Cn1nccc1C(=O)NSC(=O)NCc1ccc(CC2(C(=O)N3CCN(Cc4ccccc4)CC3)CC2)cc1. The lowest BCUT2D eigenvalue weighted by Crippen LogP contribution is -2.50. The van der Waals surface area contributed by atoms with Crippen molar-refractivity contribution < 1.29 is 14.4 Å². The molecular weight excluding hydrogens is 512 g/mol. The molecule has 2 heterocycles. The van der Waals surface area contributed by atoms with Gasteiger partial charge in [-0.3, -0.25) is 28.7 Å². The zero-order chi connectivity index (χ0) is 27.2. The molecule has 1 saturated carbocycles. The van der Waals surface area contributed by atoms with E-state index in [9.17, 15) is 14.4 Å². The Morgan fingerprint density at radius 1 is 0.897 bits per heavy atom. The van der Waals surface area contributed by atoms with Crippen LogP contribution in [-0.4, -0.2) is 62.8 Å². The highest BCUT2D eigenvalue weighted by molar-refractivity contribution is 8.12. The number of carbonyl (C=O) groups is 3. The quantitative estimate of drug-likeness (QED) is 0.421. The maximum atomic E-state index is 13.4. The summed E-state index contributed by atoms with van der Waals surface area (Å²) in [5.41, 5.74) is 3.52. The summed E-state index contributed by atoms with van der Waals surface area (Å²) in [4.78, 5) is 42.1. The summed E-state index contributed by atoms with van der Waals surface area (Å²) in [7, 11) is 1.67. The summed E-state index contributed by atoms with van der Waals surface area (Å²) in [5.74, 6) is -0.0829. The first-order chi connectivity index (χ1) is 18.9. The number of carbonyl (C=O) groups excluding carboxylic acids is 3. The Kier molecular flexibility index (Phi) is 8.33. The summed E-state index contributed by atoms with van der Waals surface area (Å²) >= 11 is 0.711. The molecule has 0 unspecified atom stereocenters. The minimum atomic E-state index is -0.378. The topological polar surface area (TPSA) is 99.6 Å². The normalized spacial score (nSPS) is 16.5. The first-order valence-corrected chi connectivity index (χ1v) is 14.1. The van der Waals surface area contributed by atoms with Gasteiger partial charge in [0.05, 0.1) is 17.4 Å². The molecule has 0 atom stereocenters. The van der Waals surface area contributed by atoms with Gasteiger partial charge >= 0.3 is 0 Å². The fourth-order valence-corrected chi connectivity index (χ4v) is 5.46. The molecule has 0 radical (unpaired) electrons. The molecule has 1 aromatic heterocycles. The van der Waals surface area contributed by atoms with Gasteiger partial charge < -0.3 is 10.2 Å². The molecule has 2 aliphatic rings. The van der Waals surface area contributed by atoms with Gasteiger partial charge in [-0.1, -0.05) is 54.6 Å². The van der Waals surface area contributed by atoms with E-state index in [0.29, 0.717) is 30.1 Å². The molecule has 1 saturated heterocycles. The molecule has 204 valence electrons. The number of piperazine rings is 1. The standard InChI is InChI=1S/C29H34N6O3S/c1-33-25(11-14-31-33)26(36)32-39-28(38)30-20-23-9-7-22(8-10-23)19-29(12-13-29)27(37)35-17-15-34(16-18-35)21-24-5-3-2-4-6-24/h2-11,14H,12-13,15-21H2,1H3,(H,30,38)(H,32,36). The molecule has 3 amide bonds. The van der Waals surface area contributed by atoms with E-state index >= 15 is 0 Å². The van der Waals surface area contributed by atoms with Crippen molar-refractivity contribution in [1.29, 1.82) is 0 Å². The number of aromatic nitrogens is 2. The van der Waals surface area contributed by atoms with Crippen molar-refractivity contribution in [2.45, 2.75) is 32.4 Å². The van der Waals surface area contributed by atoms with E-state index in [4.69, 9.17) is 0 Å².